The molecule has 0 aliphatic rings. The summed E-state index contributed by atoms with van der Waals surface area (Å²) in [7, 11) is -1.42. The SMILES string of the molecule is CCCC[Si](Cl)(CCCC)C(C)CC. The van der Waals surface area contributed by atoms with Crippen LogP contribution in [0.4, 0.5) is 0 Å². The molecular weight excluding hydrogens is 208 g/mol. The Morgan fingerprint density at radius 3 is 1.71 bits per heavy atom. The van der Waals surface area contributed by atoms with E-state index in [1.165, 1.54) is 44.2 Å². The third-order valence-electron chi connectivity index (χ3n) is 3.39. The maximum atomic E-state index is 6.89. The van der Waals surface area contributed by atoms with Crippen LogP contribution in [0.15, 0.2) is 0 Å². The maximum Gasteiger partial charge on any atom is 0.159 e. The Morgan fingerprint density at radius 1 is 1.00 bits per heavy atom. The van der Waals surface area contributed by atoms with Gasteiger partial charge in [0.15, 0.2) is 7.38 Å². The molecule has 0 heterocycles. The molecule has 0 bridgehead atoms. The van der Waals surface area contributed by atoms with Gasteiger partial charge in [-0.25, -0.2) is 0 Å². The number of rotatable bonds is 8. The first-order valence-electron chi connectivity index (χ1n) is 6.29. The zero-order chi connectivity index (χ0) is 11.0. The Labute approximate surface area is 96.1 Å². The van der Waals surface area contributed by atoms with E-state index in [9.17, 15) is 0 Å². The molecule has 0 nitrogen and oxygen atoms in total. The lowest BCUT2D eigenvalue weighted by atomic mass is 10.4. The molecule has 0 saturated heterocycles. The average Bonchev–Trinajstić information content (AvgIpc) is 2.22. The number of hydrogen-bond acceptors (Lipinski definition) is 0. The monoisotopic (exact) mass is 234 g/mol. The second-order valence-corrected chi connectivity index (χ2v) is 10.9. The minimum absolute atomic E-state index is 0.794. The third-order valence-corrected chi connectivity index (χ3v) is 10.2. The van der Waals surface area contributed by atoms with Crippen molar-refractivity contribution in [3.05, 3.63) is 0 Å². The summed E-state index contributed by atoms with van der Waals surface area (Å²) in [6.07, 6.45) is 6.53. The van der Waals surface area contributed by atoms with Crippen LogP contribution in [-0.2, 0) is 0 Å². The highest BCUT2D eigenvalue weighted by molar-refractivity contribution is 7.21. The molecule has 0 saturated carbocycles. The van der Waals surface area contributed by atoms with Crippen molar-refractivity contribution < 1.29 is 0 Å². The summed E-state index contributed by atoms with van der Waals surface area (Å²) in [4.78, 5) is 0. The quantitative estimate of drug-likeness (QED) is 0.381. The second-order valence-electron chi connectivity index (χ2n) is 4.55. The van der Waals surface area contributed by atoms with Crippen molar-refractivity contribution in [1.29, 1.82) is 0 Å². The minimum atomic E-state index is -1.42. The molecule has 0 radical (unpaired) electrons. The zero-order valence-corrected chi connectivity index (χ0v) is 12.2. The average molecular weight is 235 g/mol. The highest BCUT2D eigenvalue weighted by Crippen LogP contribution is 2.38. The van der Waals surface area contributed by atoms with Gasteiger partial charge in [0.05, 0.1) is 0 Å². The fraction of sp³-hybridized carbons (Fsp3) is 1.00. The Kier molecular flexibility index (Phi) is 8.03. The summed E-state index contributed by atoms with van der Waals surface area (Å²) in [6, 6.07) is 2.67. The number of halogens is 1. The fourth-order valence-corrected chi connectivity index (χ4v) is 7.04. The first-order valence-corrected chi connectivity index (χ1v) is 9.80. The molecule has 2 heteroatoms. The third kappa shape index (κ3) is 4.84. The fourth-order valence-electron chi connectivity index (χ4n) is 1.92. The van der Waals surface area contributed by atoms with E-state index in [4.69, 9.17) is 11.1 Å². The van der Waals surface area contributed by atoms with Gasteiger partial charge in [0.2, 0.25) is 0 Å². The van der Waals surface area contributed by atoms with E-state index < -0.39 is 7.38 Å². The molecule has 0 aliphatic heterocycles. The van der Waals surface area contributed by atoms with Crippen molar-refractivity contribution in [3.63, 3.8) is 0 Å². The molecular formula is C12H27ClSi. The summed E-state index contributed by atoms with van der Waals surface area (Å²) in [5.41, 5.74) is 0.794. The van der Waals surface area contributed by atoms with Crippen LogP contribution in [0.3, 0.4) is 0 Å². The predicted molar refractivity (Wildman–Crippen MR) is 70.8 cm³/mol. The van der Waals surface area contributed by atoms with Gasteiger partial charge in [0.1, 0.15) is 0 Å². The van der Waals surface area contributed by atoms with E-state index in [1.54, 1.807) is 0 Å². The zero-order valence-electron chi connectivity index (χ0n) is 10.4. The van der Waals surface area contributed by atoms with Gasteiger partial charge in [-0.2, -0.15) is 11.1 Å². The van der Waals surface area contributed by atoms with Crippen molar-refractivity contribution in [1.82, 2.24) is 0 Å². The molecule has 14 heavy (non-hydrogen) atoms. The van der Waals surface area contributed by atoms with Gasteiger partial charge >= 0.3 is 0 Å². The van der Waals surface area contributed by atoms with Gasteiger partial charge < -0.3 is 0 Å². The van der Waals surface area contributed by atoms with Gasteiger partial charge in [0, 0.05) is 0 Å². The lowest BCUT2D eigenvalue weighted by Crippen LogP contribution is -2.31. The summed E-state index contributed by atoms with van der Waals surface area (Å²) in [6.45, 7) is 9.18. The summed E-state index contributed by atoms with van der Waals surface area (Å²) < 4.78 is 0. The Bertz CT molecular complexity index is 128. The van der Waals surface area contributed by atoms with Crippen LogP contribution in [0, 0.1) is 0 Å². The van der Waals surface area contributed by atoms with Crippen molar-refractivity contribution in [2.75, 3.05) is 0 Å². The first-order chi connectivity index (χ1) is 6.60. The Hall–Kier alpha value is 0.507. The largest absolute Gasteiger partial charge is 0.167 e. The molecule has 0 rings (SSSR count). The topological polar surface area (TPSA) is 0 Å². The lowest BCUT2D eigenvalue weighted by Gasteiger charge is -2.30. The van der Waals surface area contributed by atoms with E-state index in [2.05, 4.69) is 27.7 Å². The second kappa shape index (κ2) is 7.75. The van der Waals surface area contributed by atoms with Crippen LogP contribution in [-0.4, -0.2) is 7.38 Å². The summed E-state index contributed by atoms with van der Waals surface area (Å²) >= 11 is 6.89. The van der Waals surface area contributed by atoms with E-state index in [1.807, 2.05) is 0 Å². The molecule has 0 fully saturated rings. The van der Waals surface area contributed by atoms with E-state index >= 15 is 0 Å². The van der Waals surface area contributed by atoms with E-state index in [0.717, 1.165) is 5.54 Å². The van der Waals surface area contributed by atoms with E-state index in [-0.39, 0.29) is 0 Å². The van der Waals surface area contributed by atoms with Crippen molar-refractivity contribution in [2.45, 2.75) is 77.4 Å². The molecule has 0 aromatic heterocycles. The maximum absolute atomic E-state index is 6.89. The molecule has 0 aliphatic carbocycles. The molecule has 0 aromatic carbocycles. The van der Waals surface area contributed by atoms with Gasteiger partial charge in [-0.1, -0.05) is 59.8 Å². The van der Waals surface area contributed by atoms with Crippen LogP contribution in [0.5, 0.6) is 0 Å². The highest BCUT2D eigenvalue weighted by Gasteiger charge is 2.34. The first kappa shape index (κ1) is 14.5. The standard InChI is InChI=1S/C12H27ClSi/c1-5-8-10-14(13,11-9-6-2)12(4)7-3/h12H,5-11H2,1-4H3. The molecule has 0 N–H and O–H groups in total. The summed E-state index contributed by atoms with van der Waals surface area (Å²) in [5, 5.41) is 0. The van der Waals surface area contributed by atoms with E-state index in [0.29, 0.717) is 0 Å². The van der Waals surface area contributed by atoms with Crippen molar-refractivity contribution in [2.24, 2.45) is 0 Å². The van der Waals surface area contributed by atoms with Crippen molar-refractivity contribution in [3.8, 4) is 0 Å². The Morgan fingerprint density at radius 2 is 1.43 bits per heavy atom. The van der Waals surface area contributed by atoms with Gasteiger partial charge in [-0.05, 0) is 17.6 Å². The van der Waals surface area contributed by atoms with Crippen molar-refractivity contribution >= 4 is 18.5 Å². The van der Waals surface area contributed by atoms with Gasteiger partial charge in [-0.15, -0.1) is 0 Å². The van der Waals surface area contributed by atoms with Crippen LogP contribution >= 0.6 is 11.1 Å². The highest BCUT2D eigenvalue weighted by atomic mass is 35.6. The van der Waals surface area contributed by atoms with Crippen LogP contribution in [0.2, 0.25) is 17.6 Å². The molecule has 0 spiro atoms. The number of hydrogen-bond donors (Lipinski definition) is 0. The van der Waals surface area contributed by atoms with Gasteiger partial charge in [0.25, 0.3) is 0 Å². The smallest absolute Gasteiger partial charge is 0.159 e. The molecule has 86 valence electrons. The molecule has 0 amide bonds. The minimum Gasteiger partial charge on any atom is -0.167 e. The molecule has 1 atom stereocenters. The summed E-state index contributed by atoms with van der Waals surface area (Å²) in [5.74, 6) is 0. The van der Waals surface area contributed by atoms with Crippen LogP contribution in [0.1, 0.15) is 59.8 Å². The predicted octanol–water partition coefficient (Wildman–Crippen LogP) is 5.57. The van der Waals surface area contributed by atoms with Crippen LogP contribution < -0.4 is 0 Å². The number of unbranched alkanes of at least 4 members (excludes halogenated alkanes) is 2. The molecule has 0 aromatic rings. The Balaban J connectivity index is 4.16. The van der Waals surface area contributed by atoms with Crippen LogP contribution in [0.25, 0.3) is 0 Å². The van der Waals surface area contributed by atoms with Gasteiger partial charge in [-0.3, -0.25) is 0 Å². The normalized spacial score (nSPS) is 14.4. The molecule has 1 unspecified atom stereocenters. The lowest BCUT2D eigenvalue weighted by molar-refractivity contribution is 0.776.